The van der Waals surface area contributed by atoms with Crippen LogP contribution in [0.3, 0.4) is 0 Å². The molecule has 0 aliphatic carbocycles. The van der Waals surface area contributed by atoms with E-state index in [0.29, 0.717) is 23.6 Å². The molecular weight excluding hydrogens is 273 g/mol. The van der Waals surface area contributed by atoms with E-state index in [-0.39, 0.29) is 11.5 Å². The van der Waals surface area contributed by atoms with E-state index in [4.69, 9.17) is 0 Å². The van der Waals surface area contributed by atoms with Crippen molar-refractivity contribution in [2.75, 3.05) is 23.8 Å². The van der Waals surface area contributed by atoms with Gasteiger partial charge in [-0.25, -0.2) is 4.39 Å². The van der Waals surface area contributed by atoms with E-state index in [9.17, 15) is 14.5 Å². The highest BCUT2D eigenvalue weighted by molar-refractivity contribution is 5.80. The van der Waals surface area contributed by atoms with Gasteiger partial charge in [0.2, 0.25) is 0 Å². The Hall–Kier alpha value is -2.63. The van der Waals surface area contributed by atoms with Crippen molar-refractivity contribution in [3.05, 3.63) is 58.4 Å². The zero-order valence-electron chi connectivity index (χ0n) is 11.8. The molecule has 2 rings (SSSR count). The summed E-state index contributed by atoms with van der Waals surface area (Å²) in [6.07, 6.45) is 0. The second-order valence-electron chi connectivity index (χ2n) is 4.50. The lowest BCUT2D eigenvalue weighted by Crippen LogP contribution is -2.13. The van der Waals surface area contributed by atoms with Crippen LogP contribution in [0.15, 0.2) is 42.5 Å². The van der Waals surface area contributed by atoms with Gasteiger partial charge in [0.25, 0.3) is 0 Å². The van der Waals surface area contributed by atoms with Gasteiger partial charge in [-0.2, -0.15) is 0 Å². The summed E-state index contributed by atoms with van der Waals surface area (Å²) in [5.41, 5.74) is 1.38. The molecule has 2 aromatic carbocycles. The lowest BCUT2D eigenvalue weighted by molar-refractivity contribution is -0.383. The number of rotatable bonds is 5. The van der Waals surface area contributed by atoms with Crippen LogP contribution in [0.2, 0.25) is 0 Å². The van der Waals surface area contributed by atoms with Crippen LogP contribution in [0.1, 0.15) is 6.92 Å². The average Bonchev–Trinajstić information content (AvgIpc) is 2.46. The van der Waals surface area contributed by atoms with Crippen molar-refractivity contribution in [2.24, 2.45) is 0 Å². The van der Waals surface area contributed by atoms with Crippen LogP contribution in [-0.4, -0.2) is 18.5 Å². The number of nitro benzene ring substituents is 1. The van der Waals surface area contributed by atoms with Gasteiger partial charge in [-0.3, -0.25) is 10.1 Å². The molecule has 110 valence electrons. The van der Waals surface area contributed by atoms with Crippen LogP contribution in [0, 0.1) is 15.9 Å². The summed E-state index contributed by atoms with van der Waals surface area (Å²) >= 11 is 0. The third-order valence-corrected chi connectivity index (χ3v) is 3.12. The van der Waals surface area contributed by atoms with E-state index < -0.39 is 4.92 Å². The molecule has 6 heteroatoms. The van der Waals surface area contributed by atoms with E-state index >= 15 is 0 Å². The van der Waals surface area contributed by atoms with Gasteiger partial charge in [-0.05, 0) is 37.3 Å². The van der Waals surface area contributed by atoms with E-state index in [2.05, 4.69) is 5.32 Å². The molecule has 0 heterocycles. The predicted molar refractivity (Wildman–Crippen MR) is 81.7 cm³/mol. The molecule has 0 saturated heterocycles. The highest BCUT2D eigenvalue weighted by Crippen LogP contribution is 2.37. The summed E-state index contributed by atoms with van der Waals surface area (Å²) in [6.45, 7) is 2.45. The largest absolute Gasteiger partial charge is 0.380 e. The number of halogens is 1. The third-order valence-electron chi connectivity index (χ3n) is 3.12. The van der Waals surface area contributed by atoms with Crippen molar-refractivity contribution in [2.45, 2.75) is 6.92 Å². The molecule has 0 bridgehead atoms. The van der Waals surface area contributed by atoms with Crippen LogP contribution >= 0.6 is 0 Å². The standard InChI is InChI=1S/C15H16FN3O2/c1-3-17-13-8-5-9-14(15(13)19(20)21)18(2)12-7-4-6-11(16)10-12/h4-10,17H,3H2,1-2H3. The lowest BCUT2D eigenvalue weighted by atomic mass is 10.2. The lowest BCUT2D eigenvalue weighted by Gasteiger charge is -2.20. The highest BCUT2D eigenvalue weighted by atomic mass is 19.1. The maximum atomic E-state index is 13.3. The molecule has 0 unspecified atom stereocenters. The summed E-state index contributed by atoms with van der Waals surface area (Å²) in [5, 5.41) is 14.4. The van der Waals surface area contributed by atoms with Crippen molar-refractivity contribution in [3.8, 4) is 0 Å². The van der Waals surface area contributed by atoms with Gasteiger partial charge in [0.15, 0.2) is 0 Å². The zero-order chi connectivity index (χ0) is 15.4. The van der Waals surface area contributed by atoms with Gasteiger partial charge in [-0.15, -0.1) is 0 Å². The number of nitro groups is 1. The van der Waals surface area contributed by atoms with Crippen LogP contribution in [0.5, 0.6) is 0 Å². The molecule has 0 atom stereocenters. The van der Waals surface area contributed by atoms with E-state index in [0.717, 1.165) is 0 Å². The van der Waals surface area contributed by atoms with Gasteiger partial charge in [-0.1, -0.05) is 12.1 Å². The van der Waals surface area contributed by atoms with Crippen LogP contribution < -0.4 is 10.2 Å². The number of benzene rings is 2. The first-order chi connectivity index (χ1) is 10.0. The summed E-state index contributed by atoms with van der Waals surface area (Å²) in [5.74, 6) is -0.384. The summed E-state index contributed by atoms with van der Waals surface area (Å²) in [4.78, 5) is 12.6. The highest BCUT2D eigenvalue weighted by Gasteiger charge is 2.22. The van der Waals surface area contributed by atoms with E-state index in [1.807, 2.05) is 6.92 Å². The van der Waals surface area contributed by atoms with Crippen LogP contribution in [0.25, 0.3) is 0 Å². The van der Waals surface area contributed by atoms with Crippen LogP contribution in [0.4, 0.5) is 27.1 Å². The SMILES string of the molecule is CCNc1cccc(N(C)c2cccc(F)c2)c1[N+](=O)[O-]. The Balaban J connectivity index is 2.52. The minimum atomic E-state index is -0.427. The molecule has 1 N–H and O–H groups in total. The fourth-order valence-electron chi connectivity index (χ4n) is 2.15. The number of nitrogens with zero attached hydrogens (tertiary/aromatic N) is 2. The molecular formula is C15H16FN3O2. The predicted octanol–water partition coefficient (Wildman–Crippen LogP) is 3.93. The molecule has 0 fully saturated rings. The first kappa shape index (κ1) is 14.8. The number of nitrogens with one attached hydrogen (secondary N) is 1. The Morgan fingerprint density at radius 1 is 1.29 bits per heavy atom. The minimum Gasteiger partial charge on any atom is -0.380 e. The Kier molecular flexibility index (Phi) is 4.37. The Bertz CT molecular complexity index is 661. The molecule has 5 nitrogen and oxygen atoms in total. The molecule has 0 aliphatic rings. The second kappa shape index (κ2) is 6.21. The zero-order valence-corrected chi connectivity index (χ0v) is 11.8. The number of hydrogen-bond donors (Lipinski definition) is 1. The second-order valence-corrected chi connectivity index (χ2v) is 4.50. The van der Waals surface area contributed by atoms with E-state index in [1.165, 1.54) is 12.1 Å². The van der Waals surface area contributed by atoms with Gasteiger partial charge in [0, 0.05) is 19.3 Å². The summed E-state index contributed by atoms with van der Waals surface area (Å²) in [7, 11) is 1.67. The van der Waals surface area contributed by atoms with Gasteiger partial charge < -0.3 is 10.2 Å². The molecule has 0 spiro atoms. The third kappa shape index (κ3) is 3.10. The topological polar surface area (TPSA) is 58.4 Å². The smallest absolute Gasteiger partial charge is 0.315 e. The van der Waals surface area contributed by atoms with Gasteiger partial charge in [0.1, 0.15) is 17.2 Å². The number of para-hydroxylation sites is 1. The Morgan fingerprint density at radius 2 is 2.00 bits per heavy atom. The quantitative estimate of drug-likeness (QED) is 0.669. The fourth-order valence-corrected chi connectivity index (χ4v) is 2.15. The maximum Gasteiger partial charge on any atom is 0.315 e. The van der Waals surface area contributed by atoms with Gasteiger partial charge >= 0.3 is 5.69 Å². The monoisotopic (exact) mass is 289 g/mol. The van der Waals surface area contributed by atoms with E-state index in [1.54, 1.807) is 42.3 Å². The number of anilines is 3. The first-order valence-electron chi connectivity index (χ1n) is 6.55. The average molecular weight is 289 g/mol. The van der Waals surface area contributed by atoms with Crippen LogP contribution in [-0.2, 0) is 0 Å². The summed E-state index contributed by atoms with van der Waals surface area (Å²) < 4.78 is 13.3. The molecule has 0 amide bonds. The normalized spacial score (nSPS) is 10.2. The Labute approximate surface area is 122 Å². The van der Waals surface area contributed by atoms with Crippen molar-refractivity contribution < 1.29 is 9.31 Å². The van der Waals surface area contributed by atoms with Crippen molar-refractivity contribution >= 4 is 22.7 Å². The fraction of sp³-hybridized carbons (Fsp3) is 0.200. The molecule has 0 saturated carbocycles. The maximum absolute atomic E-state index is 13.3. The molecule has 2 aromatic rings. The molecule has 0 aromatic heterocycles. The first-order valence-corrected chi connectivity index (χ1v) is 6.55. The molecule has 21 heavy (non-hydrogen) atoms. The summed E-state index contributed by atoms with van der Waals surface area (Å²) in [6, 6.07) is 11.0. The Morgan fingerprint density at radius 3 is 2.62 bits per heavy atom. The van der Waals surface area contributed by atoms with Crippen molar-refractivity contribution in [1.29, 1.82) is 0 Å². The molecule has 0 aliphatic heterocycles. The van der Waals surface area contributed by atoms with Crippen molar-refractivity contribution in [3.63, 3.8) is 0 Å². The molecule has 0 radical (unpaired) electrons. The van der Waals surface area contributed by atoms with Gasteiger partial charge in [0.05, 0.1) is 4.92 Å². The minimum absolute atomic E-state index is 0.0221. The number of hydrogen-bond acceptors (Lipinski definition) is 4. The van der Waals surface area contributed by atoms with Crippen molar-refractivity contribution in [1.82, 2.24) is 0 Å².